The monoisotopic (exact) mass is 499 g/mol. The van der Waals surface area contributed by atoms with Gasteiger partial charge in [-0.1, -0.05) is 25.0 Å². The van der Waals surface area contributed by atoms with Gasteiger partial charge in [-0.05, 0) is 49.1 Å². The first-order chi connectivity index (χ1) is 16.8. The van der Waals surface area contributed by atoms with E-state index in [1.54, 1.807) is 42.2 Å². The molecule has 2 aliphatic heterocycles. The van der Waals surface area contributed by atoms with Crippen molar-refractivity contribution < 1.29 is 27.2 Å². The number of furan rings is 1. The van der Waals surface area contributed by atoms with Gasteiger partial charge in [-0.15, -0.1) is 0 Å². The minimum atomic E-state index is -3.82. The first-order valence-electron chi connectivity index (χ1n) is 12.0. The number of hydrogen-bond donors (Lipinski definition) is 0. The fourth-order valence-corrected chi connectivity index (χ4v) is 7.11. The number of rotatable bonds is 5. The topological polar surface area (TPSA) is 108 Å². The molecule has 1 saturated carbocycles. The Kier molecular flexibility index (Phi) is 6.27. The van der Waals surface area contributed by atoms with Crippen LogP contribution in [-0.2, 0) is 26.2 Å². The van der Waals surface area contributed by atoms with E-state index in [9.17, 15) is 22.8 Å². The number of piperazine rings is 1. The molecule has 2 aromatic rings. The SMILES string of the molecule is Cc1ccc(CN2C(=O)[C@H]3CCCC[C@@H]3C2=O)cc1S(=O)(=O)N1CCN(C(=O)c2ccco2)CC1. The van der Waals surface area contributed by atoms with Crippen molar-refractivity contribution in [1.29, 1.82) is 0 Å². The number of carbonyl (C=O) groups is 3. The van der Waals surface area contributed by atoms with Crippen LogP contribution in [0.2, 0.25) is 0 Å². The van der Waals surface area contributed by atoms with E-state index in [-0.39, 0.29) is 72.9 Å². The molecule has 5 rings (SSSR count). The van der Waals surface area contributed by atoms with E-state index in [1.807, 2.05) is 0 Å². The molecule has 3 aliphatic rings. The van der Waals surface area contributed by atoms with Gasteiger partial charge in [0.1, 0.15) is 0 Å². The van der Waals surface area contributed by atoms with E-state index < -0.39 is 10.0 Å². The minimum Gasteiger partial charge on any atom is -0.459 e. The summed E-state index contributed by atoms with van der Waals surface area (Å²) in [5, 5.41) is 0. The molecule has 2 atom stereocenters. The third kappa shape index (κ3) is 4.29. The van der Waals surface area contributed by atoms with Gasteiger partial charge < -0.3 is 9.32 Å². The zero-order valence-electron chi connectivity index (χ0n) is 19.7. The van der Waals surface area contributed by atoms with Gasteiger partial charge in [-0.25, -0.2) is 8.42 Å². The number of likely N-dealkylation sites (tertiary alicyclic amines) is 1. The van der Waals surface area contributed by atoms with Crippen LogP contribution in [0, 0.1) is 18.8 Å². The minimum absolute atomic E-state index is 0.0822. The van der Waals surface area contributed by atoms with Crippen LogP contribution in [0.25, 0.3) is 0 Å². The highest BCUT2D eigenvalue weighted by atomic mass is 32.2. The number of benzene rings is 1. The van der Waals surface area contributed by atoms with Crippen LogP contribution in [0.4, 0.5) is 0 Å². The average Bonchev–Trinajstić information content (AvgIpc) is 3.49. The van der Waals surface area contributed by atoms with Crippen molar-refractivity contribution in [1.82, 2.24) is 14.1 Å². The molecule has 0 bridgehead atoms. The number of imide groups is 1. The number of aryl methyl sites for hydroxylation is 1. The largest absolute Gasteiger partial charge is 0.459 e. The van der Waals surface area contributed by atoms with Crippen molar-refractivity contribution in [3.63, 3.8) is 0 Å². The molecule has 10 heteroatoms. The maximum atomic E-state index is 13.5. The Morgan fingerprint density at radius 3 is 2.26 bits per heavy atom. The smallest absolute Gasteiger partial charge is 0.289 e. The van der Waals surface area contributed by atoms with Gasteiger partial charge in [0.25, 0.3) is 5.91 Å². The van der Waals surface area contributed by atoms with Crippen LogP contribution in [-0.4, -0.2) is 66.4 Å². The van der Waals surface area contributed by atoms with Crippen LogP contribution in [0.1, 0.15) is 47.4 Å². The van der Waals surface area contributed by atoms with Gasteiger partial charge >= 0.3 is 0 Å². The molecular weight excluding hydrogens is 470 g/mol. The molecule has 186 valence electrons. The van der Waals surface area contributed by atoms with Crippen LogP contribution in [0.5, 0.6) is 0 Å². The highest BCUT2D eigenvalue weighted by molar-refractivity contribution is 7.89. The summed E-state index contributed by atoms with van der Waals surface area (Å²) >= 11 is 0. The Morgan fingerprint density at radius 1 is 1.00 bits per heavy atom. The molecule has 1 aromatic carbocycles. The molecule has 2 saturated heterocycles. The highest BCUT2D eigenvalue weighted by Gasteiger charge is 2.48. The predicted molar refractivity (Wildman–Crippen MR) is 126 cm³/mol. The highest BCUT2D eigenvalue weighted by Crippen LogP contribution is 2.38. The zero-order valence-corrected chi connectivity index (χ0v) is 20.5. The normalized spacial score (nSPS) is 23.6. The number of sulfonamides is 1. The summed E-state index contributed by atoms with van der Waals surface area (Å²) in [6.07, 6.45) is 4.84. The second-order valence-corrected chi connectivity index (χ2v) is 11.4. The van der Waals surface area contributed by atoms with E-state index in [1.165, 1.54) is 15.5 Å². The molecule has 1 aliphatic carbocycles. The Labute approximate surface area is 204 Å². The van der Waals surface area contributed by atoms with E-state index in [0.717, 1.165) is 25.7 Å². The lowest BCUT2D eigenvalue weighted by atomic mass is 9.81. The van der Waals surface area contributed by atoms with Crippen LogP contribution >= 0.6 is 0 Å². The summed E-state index contributed by atoms with van der Waals surface area (Å²) in [6, 6.07) is 8.30. The third-order valence-electron chi connectivity index (χ3n) is 7.40. The van der Waals surface area contributed by atoms with Crippen molar-refractivity contribution in [3.8, 4) is 0 Å². The fraction of sp³-hybridized carbons (Fsp3) is 0.480. The Morgan fingerprint density at radius 2 is 1.66 bits per heavy atom. The first kappa shape index (κ1) is 23.7. The van der Waals surface area contributed by atoms with Gasteiger partial charge in [-0.3, -0.25) is 19.3 Å². The fourth-order valence-electron chi connectivity index (χ4n) is 5.42. The molecule has 3 fully saturated rings. The van der Waals surface area contributed by atoms with Gasteiger partial charge in [0.2, 0.25) is 21.8 Å². The van der Waals surface area contributed by atoms with Crippen molar-refractivity contribution >= 4 is 27.7 Å². The number of carbonyl (C=O) groups excluding carboxylic acids is 3. The van der Waals surface area contributed by atoms with Crippen molar-refractivity contribution in [2.45, 2.75) is 44.0 Å². The number of fused-ring (bicyclic) bond motifs is 1. The molecule has 9 nitrogen and oxygen atoms in total. The standard InChI is InChI=1S/C25H29N3O6S/c1-17-8-9-18(16-28-23(29)19-5-2-3-6-20(19)24(28)30)15-22(17)35(32,33)27-12-10-26(11-13-27)25(31)21-7-4-14-34-21/h4,7-9,14-15,19-20H,2-3,5-6,10-13,16H2,1H3/t19-,20-/m0/s1. The lowest BCUT2D eigenvalue weighted by Gasteiger charge is -2.34. The predicted octanol–water partition coefficient (Wildman–Crippen LogP) is 2.41. The lowest BCUT2D eigenvalue weighted by molar-refractivity contribution is -0.140. The van der Waals surface area contributed by atoms with Gasteiger partial charge in [0.05, 0.1) is 29.5 Å². The molecule has 3 heterocycles. The van der Waals surface area contributed by atoms with E-state index in [2.05, 4.69) is 0 Å². The molecule has 0 spiro atoms. The van der Waals surface area contributed by atoms with Gasteiger partial charge in [0.15, 0.2) is 5.76 Å². The average molecular weight is 500 g/mol. The summed E-state index contributed by atoms with van der Waals surface area (Å²) in [4.78, 5) is 41.3. The maximum Gasteiger partial charge on any atom is 0.289 e. The second-order valence-electron chi connectivity index (χ2n) is 9.53. The zero-order chi connectivity index (χ0) is 24.7. The summed E-state index contributed by atoms with van der Waals surface area (Å²) in [7, 11) is -3.82. The second kappa shape index (κ2) is 9.23. The van der Waals surface area contributed by atoms with Crippen molar-refractivity contribution in [2.75, 3.05) is 26.2 Å². The molecule has 0 unspecified atom stereocenters. The molecule has 0 N–H and O–H groups in total. The van der Waals surface area contributed by atoms with E-state index in [4.69, 9.17) is 4.42 Å². The summed E-state index contributed by atoms with van der Waals surface area (Å²) in [5.41, 5.74) is 1.21. The number of nitrogens with zero attached hydrogens (tertiary/aromatic N) is 3. The van der Waals surface area contributed by atoms with E-state index >= 15 is 0 Å². The maximum absolute atomic E-state index is 13.5. The Bertz CT molecular complexity index is 1220. The van der Waals surface area contributed by atoms with Gasteiger partial charge in [0, 0.05) is 26.2 Å². The van der Waals surface area contributed by atoms with Crippen LogP contribution < -0.4 is 0 Å². The van der Waals surface area contributed by atoms with Gasteiger partial charge in [-0.2, -0.15) is 4.31 Å². The summed E-state index contributed by atoms with van der Waals surface area (Å²) < 4.78 is 33.5. The van der Waals surface area contributed by atoms with Crippen molar-refractivity contribution in [3.05, 3.63) is 53.5 Å². The summed E-state index contributed by atoms with van der Waals surface area (Å²) in [6.45, 7) is 2.68. The summed E-state index contributed by atoms with van der Waals surface area (Å²) in [5.74, 6) is -0.763. The van der Waals surface area contributed by atoms with Crippen LogP contribution in [0.3, 0.4) is 0 Å². The quantitative estimate of drug-likeness (QED) is 0.585. The first-order valence-corrected chi connectivity index (χ1v) is 13.5. The molecule has 35 heavy (non-hydrogen) atoms. The molecule has 0 radical (unpaired) electrons. The number of hydrogen-bond acceptors (Lipinski definition) is 6. The molecule has 1 aromatic heterocycles. The molecule has 3 amide bonds. The van der Waals surface area contributed by atoms with Crippen LogP contribution in [0.15, 0.2) is 45.9 Å². The lowest BCUT2D eigenvalue weighted by Crippen LogP contribution is -2.50. The molecular formula is C25H29N3O6S. The van der Waals surface area contributed by atoms with E-state index in [0.29, 0.717) is 11.1 Å². The number of amides is 3. The third-order valence-corrected chi connectivity index (χ3v) is 9.44. The van der Waals surface area contributed by atoms with Crippen molar-refractivity contribution in [2.24, 2.45) is 11.8 Å². The Hall–Kier alpha value is -2.98. The Balaban J connectivity index is 1.31.